The van der Waals surface area contributed by atoms with Crippen LogP contribution in [0.1, 0.15) is 36.8 Å². The first kappa shape index (κ1) is 20.9. The molecule has 2 unspecified atom stereocenters. The monoisotopic (exact) mass is 422 g/mol. The van der Waals surface area contributed by atoms with Crippen LogP contribution in [0.4, 0.5) is 4.79 Å². The number of aliphatic carboxylic acids is 1. The smallest absolute Gasteiger partial charge is 0.407 e. The highest BCUT2D eigenvalue weighted by atomic mass is 16.5. The second-order valence-corrected chi connectivity index (χ2v) is 8.19. The number of ether oxygens (including phenoxy) is 1. The lowest BCUT2D eigenvalue weighted by molar-refractivity contribution is -0.146. The molecule has 31 heavy (non-hydrogen) atoms. The summed E-state index contributed by atoms with van der Waals surface area (Å²) in [5.74, 6) is -1.80. The molecular formula is C24H26N2O5. The zero-order valence-electron chi connectivity index (χ0n) is 17.4. The van der Waals surface area contributed by atoms with Gasteiger partial charge in [0.2, 0.25) is 5.91 Å². The molecule has 0 spiro atoms. The van der Waals surface area contributed by atoms with Crippen LogP contribution in [0.2, 0.25) is 0 Å². The highest BCUT2D eigenvalue weighted by Gasteiger charge is 2.33. The quantitative estimate of drug-likeness (QED) is 0.771. The molecule has 2 N–H and O–H groups in total. The Morgan fingerprint density at radius 1 is 1.03 bits per heavy atom. The van der Waals surface area contributed by atoms with E-state index in [0.717, 1.165) is 22.3 Å². The zero-order chi connectivity index (χ0) is 22.0. The van der Waals surface area contributed by atoms with E-state index >= 15 is 0 Å². The second kappa shape index (κ2) is 8.79. The number of hydrogen-bond donors (Lipinski definition) is 2. The van der Waals surface area contributed by atoms with Gasteiger partial charge in [-0.25, -0.2) is 4.79 Å². The Kier molecular flexibility index (Phi) is 5.93. The van der Waals surface area contributed by atoms with E-state index in [-0.39, 0.29) is 37.6 Å². The molecule has 2 aromatic rings. The van der Waals surface area contributed by atoms with E-state index in [0.29, 0.717) is 12.8 Å². The molecule has 0 aromatic heterocycles. The first-order valence-corrected chi connectivity index (χ1v) is 10.6. The van der Waals surface area contributed by atoms with Gasteiger partial charge in [-0.05, 0) is 42.0 Å². The lowest BCUT2D eigenvalue weighted by Gasteiger charge is -2.36. The Morgan fingerprint density at radius 2 is 1.65 bits per heavy atom. The third-order valence-corrected chi connectivity index (χ3v) is 6.28. The highest BCUT2D eigenvalue weighted by molar-refractivity contribution is 5.83. The molecule has 1 aliphatic heterocycles. The molecule has 0 saturated carbocycles. The van der Waals surface area contributed by atoms with Crippen LogP contribution in [0.3, 0.4) is 0 Å². The van der Waals surface area contributed by atoms with E-state index in [1.165, 1.54) is 4.90 Å². The number of alkyl carbamates (subject to hydrolysis) is 1. The van der Waals surface area contributed by atoms with Gasteiger partial charge in [0.1, 0.15) is 13.2 Å². The summed E-state index contributed by atoms with van der Waals surface area (Å²) in [6.45, 7) is 2.02. The Hall–Kier alpha value is -3.35. The number of carboxylic acid groups (broad SMARTS) is 1. The van der Waals surface area contributed by atoms with Crippen molar-refractivity contribution in [2.24, 2.45) is 5.92 Å². The normalized spacial score (nSPS) is 20.0. The van der Waals surface area contributed by atoms with E-state index in [9.17, 15) is 19.5 Å². The minimum Gasteiger partial charge on any atom is -0.481 e. The highest BCUT2D eigenvalue weighted by Crippen LogP contribution is 2.44. The molecule has 1 heterocycles. The fourth-order valence-corrected chi connectivity index (χ4v) is 4.55. The minimum atomic E-state index is -0.894. The van der Waals surface area contributed by atoms with Crippen LogP contribution in [-0.2, 0) is 14.3 Å². The van der Waals surface area contributed by atoms with Crippen LogP contribution in [0, 0.1) is 5.92 Å². The molecule has 4 rings (SSSR count). The number of benzene rings is 2. The maximum atomic E-state index is 12.5. The average molecular weight is 422 g/mol. The lowest BCUT2D eigenvalue weighted by Crippen LogP contribution is -2.50. The third-order valence-electron chi connectivity index (χ3n) is 6.28. The van der Waals surface area contributed by atoms with Crippen molar-refractivity contribution in [2.75, 3.05) is 19.7 Å². The predicted octanol–water partition coefficient (Wildman–Crippen LogP) is 3.24. The predicted molar refractivity (Wildman–Crippen MR) is 115 cm³/mol. The molecule has 1 saturated heterocycles. The Balaban J connectivity index is 1.33. The van der Waals surface area contributed by atoms with Crippen LogP contribution in [-0.4, -0.2) is 53.7 Å². The molecule has 1 aliphatic carbocycles. The number of likely N-dealkylation sites (tertiary alicyclic amines) is 1. The average Bonchev–Trinajstić information content (AvgIpc) is 3.10. The van der Waals surface area contributed by atoms with E-state index < -0.39 is 18.0 Å². The maximum Gasteiger partial charge on any atom is 0.407 e. The van der Waals surface area contributed by atoms with E-state index in [1.807, 2.05) is 43.3 Å². The summed E-state index contributed by atoms with van der Waals surface area (Å²) in [5, 5.41) is 11.7. The molecule has 0 radical (unpaired) electrons. The van der Waals surface area contributed by atoms with Crippen LogP contribution in [0.15, 0.2) is 48.5 Å². The second-order valence-electron chi connectivity index (χ2n) is 8.19. The molecular weight excluding hydrogens is 396 g/mol. The first-order chi connectivity index (χ1) is 15.0. The van der Waals surface area contributed by atoms with Gasteiger partial charge >= 0.3 is 12.1 Å². The van der Waals surface area contributed by atoms with Crippen molar-refractivity contribution in [3.05, 3.63) is 59.7 Å². The summed E-state index contributed by atoms with van der Waals surface area (Å²) < 4.78 is 5.45. The summed E-state index contributed by atoms with van der Waals surface area (Å²) in [4.78, 5) is 37.6. The fourth-order valence-electron chi connectivity index (χ4n) is 4.55. The number of carbonyl (C=O) groups is 3. The van der Waals surface area contributed by atoms with Crippen LogP contribution >= 0.6 is 0 Å². The van der Waals surface area contributed by atoms with Crippen molar-refractivity contribution < 1.29 is 24.2 Å². The van der Waals surface area contributed by atoms with Gasteiger partial charge < -0.3 is 20.1 Å². The summed E-state index contributed by atoms with van der Waals surface area (Å²) in [6, 6.07) is 16.1. The van der Waals surface area contributed by atoms with Crippen molar-refractivity contribution in [1.82, 2.24) is 10.2 Å². The van der Waals surface area contributed by atoms with Crippen LogP contribution in [0.25, 0.3) is 11.1 Å². The number of fused-ring (bicyclic) bond motifs is 3. The summed E-state index contributed by atoms with van der Waals surface area (Å²) in [6.07, 6.45) is 0.531. The number of carbonyl (C=O) groups excluding carboxylic acids is 2. The van der Waals surface area contributed by atoms with Gasteiger partial charge in [0.15, 0.2) is 0 Å². The number of nitrogens with one attached hydrogen (secondary N) is 1. The zero-order valence-corrected chi connectivity index (χ0v) is 17.4. The van der Waals surface area contributed by atoms with Gasteiger partial charge in [0.25, 0.3) is 0 Å². The van der Waals surface area contributed by atoms with Crippen molar-refractivity contribution in [1.29, 1.82) is 0 Å². The molecule has 162 valence electrons. The standard InChI is InChI=1S/C24H26N2O5/c1-15-10-11-16(23(28)29)13-26(15)22(27)12-25-24(30)31-14-21-19-8-4-2-6-17(19)18-7-3-5-9-20(18)21/h2-9,15-16,21H,10-14H2,1H3,(H,25,30)(H,28,29). The summed E-state index contributed by atoms with van der Waals surface area (Å²) in [5.41, 5.74) is 4.53. The van der Waals surface area contributed by atoms with Crippen molar-refractivity contribution in [3.63, 3.8) is 0 Å². The largest absolute Gasteiger partial charge is 0.481 e. The SMILES string of the molecule is CC1CCC(C(=O)O)CN1C(=O)CNC(=O)OCC1c2ccccc2-c2ccccc21. The molecule has 2 aromatic carbocycles. The first-order valence-electron chi connectivity index (χ1n) is 10.6. The van der Waals surface area contributed by atoms with Crippen LogP contribution < -0.4 is 5.32 Å². The molecule has 2 atom stereocenters. The summed E-state index contributed by atoms with van der Waals surface area (Å²) in [7, 11) is 0. The summed E-state index contributed by atoms with van der Waals surface area (Å²) >= 11 is 0. The van der Waals surface area contributed by atoms with E-state index in [1.54, 1.807) is 0 Å². The van der Waals surface area contributed by atoms with Gasteiger partial charge in [0, 0.05) is 18.5 Å². The van der Waals surface area contributed by atoms with Crippen molar-refractivity contribution >= 4 is 18.0 Å². The number of piperidine rings is 1. The molecule has 7 heteroatoms. The Morgan fingerprint density at radius 3 is 2.26 bits per heavy atom. The number of carboxylic acids is 1. The van der Waals surface area contributed by atoms with Crippen molar-refractivity contribution in [3.8, 4) is 11.1 Å². The minimum absolute atomic E-state index is 0.0487. The number of amides is 2. The van der Waals surface area contributed by atoms with Crippen LogP contribution in [0.5, 0.6) is 0 Å². The Bertz CT molecular complexity index is 959. The lowest BCUT2D eigenvalue weighted by atomic mass is 9.93. The van der Waals surface area contributed by atoms with Gasteiger partial charge in [-0.2, -0.15) is 0 Å². The number of nitrogens with zero attached hydrogens (tertiary/aromatic N) is 1. The molecule has 1 fully saturated rings. The molecule has 0 bridgehead atoms. The van der Waals surface area contributed by atoms with Gasteiger partial charge in [-0.3, -0.25) is 9.59 Å². The molecule has 2 aliphatic rings. The topological polar surface area (TPSA) is 95.9 Å². The van der Waals surface area contributed by atoms with Gasteiger partial charge in [-0.15, -0.1) is 0 Å². The number of rotatable bonds is 5. The van der Waals surface area contributed by atoms with Gasteiger partial charge in [0.05, 0.1) is 5.92 Å². The number of hydrogen-bond acceptors (Lipinski definition) is 4. The van der Waals surface area contributed by atoms with Crippen molar-refractivity contribution in [2.45, 2.75) is 31.7 Å². The fraction of sp³-hybridized carbons (Fsp3) is 0.375. The van der Waals surface area contributed by atoms with Gasteiger partial charge in [-0.1, -0.05) is 48.5 Å². The van der Waals surface area contributed by atoms with E-state index in [2.05, 4.69) is 17.4 Å². The molecule has 7 nitrogen and oxygen atoms in total. The molecule has 2 amide bonds. The maximum absolute atomic E-state index is 12.5. The Labute approximate surface area is 181 Å². The van der Waals surface area contributed by atoms with E-state index in [4.69, 9.17) is 4.74 Å². The third kappa shape index (κ3) is 4.26.